The molecular weight excluding hydrogens is 378 g/mol. The molecule has 7 nitrogen and oxygen atoms in total. The minimum Gasteiger partial charge on any atom is -0.322 e. The van der Waals surface area contributed by atoms with Gasteiger partial charge in [0.05, 0.1) is 0 Å². The summed E-state index contributed by atoms with van der Waals surface area (Å²) in [4.78, 5) is 31.7. The zero-order chi connectivity index (χ0) is 20.0. The van der Waals surface area contributed by atoms with Crippen molar-refractivity contribution < 1.29 is 0 Å². The van der Waals surface area contributed by atoms with Crippen LogP contribution in [0.2, 0.25) is 0 Å². The second-order valence-electron chi connectivity index (χ2n) is 7.44. The lowest BCUT2D eigenvalue weighted by molar-refractivity contribution is 0.258. The highest BCUT2D eigenvalue weighted by Crippen LogP contribution is 2.12. The number of hydrogen-bond acceptors (Lipinski definition) is 4. The fourth-order valence-electron chi connectivity index (χ4n) is 3.53. The van der Waals surface area contributed by atoms with E-state index >= 15 is 0 Å². The number of aryl methyl sites for hydroxylation is 3. The molecule has 2 aromatic heterocycles. The average molecular weight is 414 g/mol. The Morgan fingerprint density at radius 2 is 1.46 bits per heavy atom. The van der Waals surface area contributed by atoms with Crippen LogP contribution < -0.4 is 11.2 Å². The van der Waals surface area contributed by atoms with Gasteiger partial charge in [0.1, 0.15) is 5.82 Å². The number of rotatable bonds is 11. The minimum absolute atomic E-state index is 0. The Balaban J connectivity index is 0.00000392. The summed E-state index contributed by atoms with van der Waals surface area (Å²) in [6.45, 7) is 10.6. The molecule has 8 heteroatoms. The molecule has 0 saturated heterocycles. The van der Waals surface area contributed by atoms with Gasteiger partial charge < -0.3 is 9.47 Å². The van der Waals surface area contributed by atoms with Crippen molar-refractivity contribution in [3.63, 3.8) is 0 Å². The number of imidazole rings is 1. The number of hydrogen-bond donors (Lipinski definition) is 0. The first-order chi connectivity index (χ1) is 12.9. The number of aromatic nitrogens is 4. The zero-order valence-corrected chi connectivity index (χ0v) is 18.8. The van der Waals surface area contributed by atoms with Gasteiger partial charge in [-0.2, -0.15) is 0 Å². The third-order valence-electron chi connectivity index (χ3n) is 5.30. The summed E-state index contributed by atoms with van der Waals surface area (Å²) < 4.78 is 4.59. The van der Waals surface area contributed by atoms with Crippen molar-refractivity contribution >= 4 is 23.6 Å². The van der Waals surface area contributed by atoms with E-state index in [0.717, 1.165) is 36.3 Å². The molecule has 0 atom stereocenters. The summed E-state index contributed by atoms with van der Waals surface area (Å²) in [5, 5.41) is 0. The number of unbranched alkanes of at least 4 members (excludes halogenated alkanes) is 3. The molecule has 0 spiro atoms. The van der Waals surface area contributed by atoms with Gasteiger partial charge >= 0.3 is 5.69 Å². The SMILES string of the molecule is CCCCN(CCCC)CCCCn1c(C)nc2c1c(=O)n(C)c(=O)n2C.Cl. The second kappa shape index (κ2) is 11.4. The minimum atomic E-state index is -0.334. The molecule has 0 aliphatic heterocycles. The first-order valence-corrected chi connectivity index (χ1v) is 10.3. The normalized spacial score (nSPS) is 11.4. The summed E-state index contributed by atoms with van der Waals surface area (Å²) in [7, 11) is 3.19. The van der Waals surface area contributed by atoms with Crippen LogP contribution in [0, 0.1) is 6.92 Å². The standard InChI is InChI=1S/C20H35N5O2.ClH/c1-6-8-12-24(13-9-7-2)14-10-11-15-25-16(3)21-18-17(25)19(26)23(5)20(27)22(18)4;/h6-15H2,1-5H3;1H. The molecule has 2 rings (SSSR count). The lowest BCUT2D eigenvalue weighted by atomic mass is 10.2. The largest absolute Gasteiger partial charge is 0.332 e. The van der Waals surface area contributed by atoms with Gasteiger partial charge in [0, 0.05) is 20.6 Å². The molecule has 0 bridgehead atoms. The Bertz CT molecular complexity index is 860. The Kier molecular flexibility index (Phi) is 9.96. The highest BCUT2D eigenvalue weighted by atomic mass is 35.5. The Hall–Kier alpha value is -1.60. The Labute approximate surface area is 173 Å². The van der Waals surface area contributed by atoms with Gasteiger partial charge in [-0.05, 0) is 52.2 Å². The average Bonchev–Trinajstić information content (AvgIpc) is 2.99. The molecular formula is C20H36ClN5O2. The van der Waals surface area contributed by atoms with E-state index in [1.54, 1.807) is 7.05 Å². The Morgan fingerprint density at radius 3 is 2.04 bits per heavy atom. The van der Waals surface area contributed by atoms with Gasteiger partial charge in [0.2, 0.25) is 0 Å². The molecule has 0 aromatic carbocycles. The van der Waals surface area contributed by atoms with Crippen LogP contribution in [0.5, 0.6) is 0 Å². The summed E-state index contributed by atoms with van der Waals surface area (Å²) in [5.41, 5.74) is 0.417. The van der Waals surface area contributed by atoms with Crippen molar-refractivity contribution in [2.24, 2.45) is 14.1 Å². The molecule has 0 aliphatic rings. The summed E-state index contributed by atoms with van der Waals surface area (Å²) in [6.07, 6.45) is 7.04. The van der Waals surface area contributed by atoms with Gasteiger partial charge in [-0.15, -0.1) is 12.4 Å². The van der Waals surface area contributed by atoms with E-state index < -0.39 is 0 Å². The van der Waals surface area contributed by atoms with Gasteiger partial charge in [-0.3, -0.25) is 13.9 Å². The quantitative estimate of drug-likeness (QED) is 0.531. The molecule has 0 aliphatic carbocycles. The Morgan fingerprint density at radius 1 is 0.893 bits per heavy atom. The van der Waals surface area contributed by atoms with Crippen molar-refractivity contribution in [1.29, 1.82) is 0 Å². The monoisotopic (exact) mass is 413 g/mol. The molecule has 0 N–H and O–H groups in total. The molecule has 0 unspecified atom stereocenters. The van der Waals surface area contributed by atoms with E-state index in [1.165, 1.54) is 50.4 Å². The lowest BCUT2D eigenvalue weighted by Crippen LogP contribution is -2.37. The van der Waals surface area contributed by atoms with Gasteiger partial charge in [-0.25, -0.2) is 9.78 Å². The van der Waals surface area contributed by atoms with Crippen LogP contribution in [0.1, 0.15) is 58.2 Å². The van der Waals surface area contributed by atoms with E-state index in [1.807, 2.05) is 11.5 Å². The topological polar surface area (TPSA) is 65.1 Å². The number of halogens is 1. The van der Waals surface area contributed by atoms with Crippen molar-refractivity contribution in [2.45, 2.75) is 65.8 Å². The summed E-state index contributed by atoms with van der Waals surface area (Å²) in [6, 6.07) is 0. The van der Waals surface area contributed by atoms with Crippen LogP contribution in [0.15, 0.2) is 9.59 Å². The molecule has 0 fully saturated rings. The fourth-order valence-corrected chi connectivity index (χ4v) is 3.53. The lowest BCUT2D eigenvalue weighted by Gasteiger charge is -2.22. The van der Waals surface area contributed by atoms with Crippen molar-refractivity contribution in [2.75, 3.05) is 19.6 Å². The highest BCUT2D eigenvalue weighted by molar-refractivity contribution is 5.85. The number of fused-ring (bicyclic) bond motifs is 1. The maximum Gasteiger partial charge on any atom is 0.332 e. The molecule has 2 aromatic rings. The van der Waals surface area contributed by atoms with Crippen LogP contribution in [-0.4, -0.2) is 43.2 Å². The molecule has 28 heavy (non-hydrogen) atoms. The third-order valence-corrected chi connectivity index (χ3v) is 5.30. The summed E-state index contributed by atoms with van der Waals surface area (Å²) in [5.74, 6) is 0.789. The molecule has 0 saturated carbocycles. The van der Waals surface area contributed by atoms with Crippen LogP contribution in [0.3, 0.4) is 0 Å². The van der Waals surface area contributed by atoms with Gasteiger partial charge in [0.15, 0.2) is 11.2 Å². The zero-order valence-electron chi connectivity index (χ0n) is 18.0. The maximum atomic E-state index is 12.6. The predicted octanol–water partition coefficient (Wildman–Crippen LogP) is 2.85. The third kappa shape index (κ3) is 5.47. The molecule has 160 valence electrons. The van der Waals surface area contributed by atoms with Crippen LogP contribution in [0.4, 0.5) is 0 Å². The number of nitrogens with zero attached hydrogens (tertiary/aromatic N) is 5. The first-order valence-electron chi connectivity index (χ1n) is 10.3. The van der Waals surface area contributed by atoms with Crippen molar-refractivity contribution in [3.05, 3.63) is 26.7 Å². The van der Waals surface area contributed by atoms with E-state index in [-0.39, 0.29) is 23.7 Å². The highest BCUT2D eigenvalue weighted by Gasteiger charge is 2.16. The second-order valence-corrected chi connectivity index (χ2v) is 7.44. The van der Waals surface area contributed by atoms with Crippen LogP contribution in [0.25, 0.3) is 11.2 Å². The maximum absolute atomic E-state index is 12.6. The fraction of sp³-hybridized carbons (Fsp3) is 0.750. The first kappa shape index (κ1) is 24.4. The van der Waals surface area contributed by atoms with Gasteiger partial charge in [0.25, 0.3) is 5.56 Å². The van der Waals surface area contributed by atoms with Crippen molar-refractivity contribution in [3.8, 4) is 0 Å². The van der Waals surface area contributed by atoms with E-state index in [2.05, 4.69) is 23.7 Å². The van der Waals surface area contributed by atoms with Crippen LogP contribution >= 0.6 is 12.4 Å². The predicted molar refractivity (Wildman–Crippen MR) is 118 cm³/mol. The van der Waals surface area contributed by atoms with E-state index in [4.69, 9.17) is 0 Å². The summed E-state index contributed by atoms with van der Waals surface area (Å²) >= 11 is 0. The van der Waals surface area contributed by atoms with Crippen molar-refractivity contribution in [1.82, 2.24) is 23.6 Å². The molecule has 2 heterocycles. The smallest absolute Gasteiger partial charge is 0.322 e. The van der Waals surface area contributed by atoms with Crippen LogP contribution in [-0.2, 0) is 20.6 Å². The van der Waals surface area contributed by atoms with E-state index in [9.17, 15) is 9.59 Å². The molecule has 0 radical (unpaired) electrons. The molecule has 0 amide bonds. The van der Waals surface area contributed by atoms with E-state index in [0.29, 0.717) is 11.2 Å². The van der Waals surface area contributed by atoms with Gasteiger partial charge in [-0.1, -0.05) is 26.7 Å².